The first-order valence-electron chi connectivity index (χ1n) is 24.4. The van der Waals surface area contributed by atoms with Gasteiger partial charge in [-0.05, 0) is 97.7 Å². The summed E-state index contributed by atoms with van der Waals surface area (Å²) in [5, 5.41) is 4.81. The quantitative estimate of drug-likeness (QED) is 0.164. The van der Waals surface area contributed by atoms with E-state index in [-0.39, 0.29) is 12.3 Å². The highest BCUT2D eigenvalue weighted by atomic mass is 32.1. The minimum Gasteiger partial charge on any atom is -0.454 e. The summed E-state index contributed by atoms with van der Waals surface area (Å²) in [6.07, 6.45) is 0. The van der Waals surface area contributed by atoms with Crippen LogP contribution in [0.2, 0.25) is 0 Å². The Morgan fingerprint density at radius 3 is 1.91 bits per heavy atom. The molecule has 0 amide bonds. The summed E-state index contributed by atoms with van der Waals surface area (Å²) in [5.41, 5.74) is 20.6. The maximum absolute atomic E-state index is 7.30. The Hall–Kier alpha value is -8.12. The molecule has 0 radical (unpaired) electrons. The molecular weight excluding hydrogens is 868 g/mol. The third-order valence-electron chi connectivity index (χ3n) is 15.6. The van der Waals surface area contributed by atoms with E-state index in [1.54, 1.807) is 0 Å². The number of fused-ring (bicyclic) bond motifs is 13. The molecule has 0 spiro atoms. The normalized spacial score (nSPS) is 14.2. The number of benzene rings is 10. The van der Waals surface area contributed by atoms with Gasteiger partial charge in [0.2, 0.25) is 0 Å². The Balaban J connectivity index is 1.15. The molecule has 0 N–H and O–H groups in total. The highest BCUT2D eigenvalue weighted by Crippen LogP contribution is 2.61. The van der Waals surface area contributed by atoms with Gasteiger partial charge in [-0.15, -0.1) is 11.3 Å². The van der Waals surface area contributed by atoms with E-state index in [1.165, 1.54) is 92.5 Å². The summed E-state index contributed by atoms with van der Waals surface area (Å²) >= 11 is 1.88. The van der Waals surface area contributed by atoms with Crippen LogP contribution in [0.1, 0.15) is 48.6 Å². The third kappa shape index (κ3) is 5.30. The molecule has 10 aromatic carbocycles. The van der Waals surface area contributed by atoms with Crippen LogP contribution in [0.3, 0.4) is 0 Å². The monoisotopic (exact) mass is 912 g/mol. The van der Waals surface area contributed by atoms with Crippen LogP contribution in [0.4, 0.5) is 28.4 Å². The number of rotatable bonds is 4. The number of thiophene rings is 1. The molecule has 15 rings (SSSR count). The van der Waals surface area contributed by atoms with Crippen LogP contribution in [-0.2, 0) is 10.8 Å². The molecule has 70 heavy (non-hydrogen) atoms. The topological polar surface area (TPSA) is 19.6 Å². The molecule has 0 fully saturated rings. The lowest BCUT2D eigenvalue weighted by molar-refractivity contribution is 0.590. The summed E-state index contributed by atoms with van der Waals surface area (Å²) in [6.45, 7) is 6.72. The highest BCUT2D eigenvalue weighted by molar-refractivity contribution is 7.26. The molecule has 0 aliphatic carbocycles. The maximum atomic E-state index is 7.30. The van der Waals surface area contributed by atoms with Crippen LogP contribution >= 0.6 is 11.3 Å². The van der Waals surface area contributed by atoms with Crippen molar-refractivity contribution in [2.45, 2.75) is 31.6 Å². The second-order valence-corrected chi connectivity index (χ2v) is 21.4. The van der Waals surface area contributed by atoms with Crippen LogP contribution in [0.5, 0.6) is 0 Å². The molecule has 5 heteroatoms. The van der Waals surface area contributed by atoms with Crippen molar-refractivity contribution in [3.05, 3.63) is 246 Å². The number of nitrogens with zero attached hydrogens (tertiary/aromatic N) is 2. The number of furan rings is 1. The summed E-state index contributed by atoms with van der Waals surface area (Å²) in [6, 6.07) is 81.9. The summed E-state index contributed by atoms with van der Waals surface area (Å²) in [5.74, 6) is 0. The summed E-state index contributed by atoms with van der Waals surface area (Å²) < 4.78 is 9.86. The van der Waals surface area contributed by atoms with Gasteiger partial charge in [0.1, 0.15) is 5.58 Å². The molecule has 3 aliphatic heterocycles. The lowest BCUT2D eigenvalue weighted by Crippen LogP contribution is -2.63. The van der Waals surface area contributed by atoms with E-state index in [1.807, 2.05) is 11.3 Å². The zero-order valence-corrected chi connectivity index (χ0v) is 39.9. The van der Waals surface area contributed by atoms with Gasteiger partial charge in [-0.2, -0.15) is 0 Å². The van der Waals surface area contributed by atoms with Gasteiger partial charge in [-0.3, -0.25) is 0 Å². The molecular formula is C65H45BN2OS. The second kappa shape index (κ2) is 14.5. The first kappa shape index (κ1) is 39.8. The Morgan fingerprint density at radius 2 is 1.14 bits per heavy atom. The Kier molecular flexibility index (Phi) is 8.23. The molecule has 0 saturated heterocycles. The smallest absolute Gasteiger partial charge is 0.333 e. The predicted octanol–water partition coefficient (Wildman–Crippen LogP) is 16.3. The fourth-order valence-electron chi connectivity index (χ4n) is 12.6. The Labute approximate surface area is 411 Å². The number of para-hydroxylation sites is 3. The lowest BCUT2D eigenvalue weighted by atomic mass is 9.42. The standard InChI is InChI=1S/C65H45BN2OS/c1-64(2,3)43-34-35-54(47(36-43)40-20-7-4-8-21-40)67-56-39-59-48(45-27-14-18-33-58(45)70-59)38-53(56)66-60-49(37-50-44-26-13-17-32-57(44)69-63(50)62(60)67)46-28-19-30-52-61(46)68(66)55-31-16-15-29-51(55)65(52,41-22-9-5-10-23-41)42-24-11-6-12-25-42/h4-39H,1-3H3. The van der Waals surface area contributed by atoms with Crippen molar-refractivity contribution < 1.29 is 4.42 Å². The summed E-state index contributed by atoms with van der Waals surface area (Å²) in [7, 11) is 0. The van der Waals surface area contributed by atoms with Crippen molar-refractivity contribution >= 4 is 99.7 Å². The molecule has 330 valence electrons. The van der Waals surface area contributed by atoms with Crippen molar-refractivity contribution in [3.8, 4) is 22.3 Å². The van der Waals surface area contributed by atoms with Crippen LogP contribution in [0.25, 0.3) is 64.4 Å². The van der Waals surface area contributed by atoms with E-state index in [2.05, 4.69) is 249 Å². The van der Waals surface area contributed by atoms with E-state index in [0.29, 0.717) is 0 Å². The molecule has 3 aliphatic rings. The van der Waals surface area contributed by atoms with Crippen LogP contribution in [0, 0.1) is 0 Å². The molecule has 0 atom stereocenters. The SMILES string of the molecule is CC(C)(C)c1ccc(N2c3cc4sc5ccccc5c4cc3B3c4c(cc5c(oc6ccccc65)c42)-c2cccc4c2N3c2ccccc2C4(c2ccccc2)c2ccccc2)c(-c2ccccc2)c1. The van der Waals surface area contributed by atoms with Crippen LogP contribution in [0.15, 0.2) is 223 Å². The molecule has 2 aromatic heterocycles. The minimum absolute atomic E-state index is 0.0636. The fraction of sp³-hybridized carbons (Fsp3) is 0.0769. The first-order chi connectivity index (χ1) is 34.4. The zero-order chi connectivity index (χ0) is 46.5. The average Bonchev–Trinajstić information content (AvgIpc) is 3.97. The van der Waals surface area contributed by atoms with Crippen molar-refractivity contribution in [1.82, 2.24) is 0 Å². The number of hydrogen-bond donors (Lipinski definition) is 0. The van der Waals surface area contributed by atoms with Gasteiger partial charge in [-0.1, -0.05) is 197 Å². The molecule has 0 saturated carbocycles. The number of anilines is 5. The van der Waals surface area contributed by atoms with Crippen LogP contribution in [-0.4, -0.2) is 6.85 Å². The van der Waals surface area contributed by atoms with Gasteiger partial charge in [0.05, 0.1) is 16.8 Å². The lowest BCUT2D eigenvalue weighted by Gasteiger charge is -2.53. The molecule has 3 nitrogen and oxygen atoms in total. The molecule has 0 bridgehead atoms. The van der Waals surface area contributed by atoms with Gasteiger partial charge in [0.25, 0.3) is 0 Å². The second-order valence-electron chi connectivity index (χ2n) is 20.3. The van der Waals surface area contributed by atoms with E-state index < -0.39 is 5.41 Å². The average molecular weight is 913 g/mol. The zero-order valence-electron chi connectivity index (χ0n) is 39.1. The van der Waals surface area contributed by atoms with Crippen molar-refractivity contribution in [1.29, 1.82) is 0 Å². The van der Waals surface area contributed by atoms with Crippen molar-refractivity contribution in [2.75, 3.05) is 9.71 Å². The van der Waals surface area contributed by atoms with Gasteiger partial charge in [0, 0.05) is 59.1 Å². The predicted molar refractivity (Wildman–Crippen MR) is 296 cm³/mol. The van der Waals surface area contributed by atoms with E-state index in [4.69, 9.17) is 4.42 Å². The minimum atomic E-state index is -0.607. The molecule has 12 aromatic rings. The molecule has 0 unspecified atom stereocenters. The maximum Gasteiger partial charge on any atom is 0.333 e. The van der Waals surface area contributed by atoms with E-state index in [9.17, 15) is 0 Å². The van der Waals surface area contributed by atoms with Gasteiger partial charge in [-0.25, -0.2) is 0 Å². The highest BCUT2D eigenvalue weighted by Gasteiger charge is 2.54. The van der Waals surface area contributed by atoms with Crippen molar-refractivity contribution in [3.63, 3.8) is 0 Å². The Bertz CT molecular complexity index is 4090. The van der Waals surface area contributed by atoms with Gasteiger partial charge in [0.15, 0.2) is 5.58 Å². The van der Waals surface area contributed by atoms with Crippen LogP contribution < -0.4 is 20.6 Å². The van der Waals surface area contributed by atoms with Crippen molar-refractivity contribution in [2.24, 2.45) is 0 Å². The number of hydrogen-bond acceptors (Lipinski definition) is 4. The molecule has 5 heterocycles. The fourth-order valence-corrected chi connectivity index (χ4v) is 13.8. The van der Waals surface area contributed by atoms with E-state index in [0.717, 1.165) is 39.0 Å². The summed E-state index contributed by atoms with van der Waals surface area (Å²) in [4.78, 5) is 5.32. The van der Waals surface area contributed by atoms with E-state index >= 15 is 0 Å². The Morgan fingerprint density at radius 1 is 0.471 bits per heavy atom. The third-order valence-corrected chi connectivity index (χ3v) is 16.8. The first-order valence-corrected chi connectivity index (χ1v) is 25.3. The largest absolute Gasteiger partial charge is 0.454 e. The van der Waals surface area contributed by atoms with Gasteiger partial charge < -0.3 is 14.1 Å². The van der Waals surface area contributed by atoms with Gasteiger partial charge >= 0.3 is 6.85 Å².